The predicted octanol–water partition coefficient (Wildman–Crippen LogP) is 6.84. The van der Waals surface area contributed by atoms with E-state index < -0.39 is 0 Å². The van der Waals surface area contributed by atoms with Crippen molar-refractivity contribution >= 4 is 94.1 Å². The minimum absolute atomic E-state index is 0.230. The number of nitrogens with one attached hydrogen (secondary N) is 1. The normalized spacial score (nSPS) is 10.9. The van der Waals surface area contributed by atoms with Crippen molar-refractivity contribution in [2.24, 2.45) is 0 Å². The Bertz CT molecular complexity index is 938. The van der Waals surface area contributed by atoms with E-state index >= 15 is 0 Å². The van der Waals surface area contributed by atoms with Crippen molar-refractivity contribution in [2.75, 3.05) is 5.32 Å². The molecule has 1 amide bonds. The first-order valence-electron chi connectivity index (χ1n) is 6.76. The number of rotatable bonds is 4. The summed E-state index contributed by atoms with van der Waals surface area (Å²) in [5.74, 6) is 0.211. The Morgan fingerprint density at radius 3 is 2.60 bits per heavy atom. The number of halogens is 5. The van der Waals surface area contributed by atoms with E-state index in [0.29, 0.717) is 31.8 Å². The van der Waals surface area contributed by atoms with Crippen molar-refractivity contribution in [3.05, 3.63) is 63.7 Å². The molecule has 2 aromatic heterocycles. The lowest BCUT2D eigenvalue weighted by Crippen LogP contribution is -2.11. The molecule has 0 fully saturated rings. The molecule has 1 N–H and O–H groups in total. The third kappa shape index (κ3) is 4.67. The number of nitrogens with zero attached hydrogens (tertiary/aromatic N) is 2. The molecular weight excluding hydrogens is 581 g/mol. The van der Waals surface area contributed by atoms with E-state index in [2.05, 4.69) is 58.2 Å². The molecule has 3 rings (SSSR count). The number of benzene rings is 1. The zero-order valence-corrected chi connectivity index (χ0v) is 19.3. The molecule has 0 atom stereocenters. The van der Waals surface area contributed by atoms with E-state index in [1.54, 1.807) is 29.1 Å². The third-order valence-corrected chi connectivity index (χ3v) is 7.59. The summed E-state index contributed by atoms with van der Waals surface area (Å²) >= 11 is 23.6. The second kappa shape index (κ2) is 8.10. The summed E-state index contributed by atoms with van der Waals surface area (Å²) in [6.45, 7) is 0.459. The fraction of sp³-hybridized carbons (Fsp3) is 0.0667. The Balaban J connectivity index is 1.77. The van der Waals surface area contributed by atoms with Gasteiger partial charge in [0.25, 0.3) is 5.91 Å². The Hall–Kier alpha value is -0.380. The molecule has 4 nitrogen and oxygen atoms in total. The van der Waals surface area contributed by atoms with Gasteiger partial charge < -0.3 is 5.32 Å². The minimum Gasteiger partial charge on any atom is -0.303 e. The van der Waals surface area contributed by atoms with E-state index in [0.717, 1.165) is 13.8 Å². The predicted molar refractivity (Wildman–Crippen MR) is 113 cm³/mol. The monoisotopic (exact) mass is 585 g/mol. The molecule has 0 radical (unpaired) electrons. The van der Waals surface area contributed by atoms with Crippen molar-refractivity contribution in [1.82, 2.24) is 9.78 Å². The van der Waals surface area contributed by atoms with E-state index in [4.69, 9.17) is 23.2 Å². The lowest BCUT2D eigenvalue weighted by molar-refractivity contribution is 0.103. The van der Waals surface area contributed by atoms with Crippen molar-refractivity contribution < 1.29 is 4.79 Å². The van der Waals surface area contributed by atoms with Gasteiger partial charge in [0.15, 0.2) is 5.82 Å². The largest absolute Gasteiger partial charge is 0.303 e. The first-order valence-corrected chi connectivity index (χ1v) is 10.7. The van der Waals surface area contributed by atoms with Crippen molar-refractivity contribution in [1.29, 1.82) is 0 Å². The van der Waals surface area contributed by atoms with Gasteiger partial charge in [0.05, 0.1) is 19.7 Å². The molecule has 0 spiro atoms. The topological polar surface area (TPSA) is 46.9 Å². The molecule has 0 saturated carbocycles. The van der Waals surface area contributed by atoms with Gasteiger partial charge in [-0.3, -0.25) is 9.48 Å². The Labute approximate surface area is 182 Å². The number of carbonyl (C=O) groups excluding carboxylic acids is 1. The quantitative estimate of drug-likeness (QED) is 0.363. The summed E-state index contributed by atoms with van der Waals surface area (Å²) in [7, 11) is 0. The van der Waals surface area contributed by atoms with E-state index in [1.807, 2.05) is 6.07 Å². The van der Waals surface area contributed by atoms with Crippen molar-refractivity contribution in [3.63, 3.8) is 0 Å². The summed E-state index contributed by atoms with van der Waals surface area (Å²) in [6.07, 6.45) is 1.78. The number of hydrogen-bond donors (Lipinski definition) is 1. The highest BCUT2D eigenvalue weighted by Crippen LogP contribution is 2.33. The fourth-order valence-electron chi connectivity index (χ4n) is 2.01. The Morgan fingerprint density at radius 1 is 1.20 bits per heavy atom. The molecule has 0 bridgehead atoms. The molecule has 2 heterocycles. The fourth-order valence-corrected chi connectivity index (χ4v) is 4.83. The molecule has 0 unspecified atom stereocenters. The number of anilines is 1. The highest BCUT2D eigenvalue weighted by Gasteiger charge is 2.16. The zero-order valence-electron chi connectivity index (χ0n) is 12.2. The Kier molecular flexibility index (Phi) is 6.28. The van der Waals surface area contributed by atoms with Crippen LogP contribution in [0.5, 0.6) is 0 Å². The maximum atomic E-state index is 12.3. The first-order chi connectivity index (χ1) is 11.8. The number of thiophene rings is 1. The smallest absolute Gasteiger partial charge is 0.267 e. The van der Waals surface area contributed by atoms with Gasteiger partial charge in [0, 0.05) is 20.7 Å². The number of carbonyl (C=O) groups is 1. The number of hydrogen-bond acceptors (Lipinski definition) is 3. The maximum Gasteiger partial charge on any atom is 0.267 e. The summed E-state index contributed by atoms with van der Waals surface area (Å²) in [6, 6.07) is 7.06. The molecule has 0 aliphatic heterocycles. The maximum absolute atomic E-state index is 12.3. The van der Waals surface area contributed by atoms with Crippen LogP contribution in [0.2, 0.25) is 10.0 Å². The van der Waals surface area contributed by atoms with E-state index in [9.17, 15) is 4.79 Å². The second-order valence-corrected chi connectivity index (χ2v) is 9.87. The second-order valence-electron chi connectivity index (χ2n) is 4.95. The Morgan fingerprint density at radius 2 is 1.96 bits per heavy atom. The molecule has 130 valence electrons. The highest BCUT2D eigenvalue weighted by molar-refractivity contribution is 9.13. The van der Waals surface area contributed by atoms with Crippen LogP contribution in [0, 0.1) is 0 Å². The molecule has 1 aromatic carbocycles. The van der Waals surface area contributed by atoms with Gasteiger partial charge in [0.1, 0.15) is 0 Å². The van der Waals surface area contributed by atoms with Crippen molar-refractivity contribution in [3.8, 4) is 0 Å². The van der Waals surface area contributed by atoms with Crippen molar-refractivity contribution in [2.45, 2.75) is 6.54 Å². The molecule has 0 saturated heterocycles. The van der Waals surface area contributed by atoms with Gasteiger partial charge in [-0.1, -0.05) is 29.3 Å². The average molecular weight is 589 g/mol. The van der Waals surface area contributed by atoms with Crippen LogP contribution in [0.1, 0.15) is 15.2 Å². The minimum atomic E-state index is -0.230. The van der Waals surface area contributed by atoms with Gasteiger partial charge in [-0.15, -0.1) is 11.3 Å². The van der Waals surface area contributed by atoms with Crippen LogP contribution in [0.25, 0.3) is 0 Å². The van der Waals surface area contributed by atoms with Crippen LogP contribution >= 0.6 is 82.3 Å². The number of aromatic nitrogens is 2. The molecule has 0 aliphatic rings. The van der Waals surface area contributed by atoms with Gasteiger partial charge in [-0.25, -0.2) is 0 Å². The van der Waals surface area contributed by atoms with E-state index in [-0.39, 0.29) is 5.91 Å². The first kappa shape index (κ1) is 19.4. The standard InChI is InChI=1S/C15H8Br3Cl2N3OS/c16-9-4-12(25-13(9)18)15(24)21-14-10(17)6-23(22-14)5-7-1-2-8(19)3-11(7)20/h1-4,6H,5H2,(H,21,22,24). The van der Waals surface area contributed by atoms with Gasteiger partial charge in [-0.2, -0.15) is 5.10 Å². The lowest BCUT2D eigenvalue weighted by Gasteiger charge is -2.05. The molecular formula is C15H8Br3Cl2N3OS. The van der Waals surface area contributed by atoms with Crippen LogP contribution in [-0.2, 0) is 6.54 Å². The van der Waals surface area contributed by atoms with Gasteiger partial charge in [-0.05, 0) is 71.6 Å². The molecule has 25 heavy (non-hydrogen) atoms. The molecule has 10 heteroatoms. The third-order valence-electron chi connectivity index (χ3n) is 3.17. The van der Waals surface area contributed by atoms with Crippen LogP contribution in [0.3, 0.4) is 0 Å². The summed E-state index contributed by atoms with van der Waals surface area (Å²) in [4.78, 5) is 12.9. The van der Waals surface area contributed by atoms with Gasteiger partial charge in [0.2, 0.25) is 0 Å². The summed E-state index contributed by atoms with van der Waals surface area (Å²) in [5, 5.41) is 8.33. The van der Waals surface area contributed by atoms with Crippen LogP contribution in [-0.4, -0.2) is 15.7 Å². The number of amides is 1. The summed E-state index contributed by atoms with van der Waals surface area (Å²) < 4.78 is 4.07. The van der Waals surface area contributed by atoms with E-state index in [1.165, 1.54) is 11.3 Å². The molecule has 0 aliphatic carbocycles. The lowest BCUT2D eigenvalue weighted by atomic mass is 10.2. The van der Waals surface area contributed by atoms with Crippen LogP contribution in [0.4, 0.5) is 5.82 Å². The highest BCUT2D eigenvalue weighted by atomic mass is 79.9. The zero-order chi connectivity index (χ0) is 18.1. The average Bonchev–Trinajstić information content (AvgIpc) is 3.05. The van der Waals surface area contributed by atoms with Gasteiger partial charge >= 0.3 is 0 Å². The molecule has 3 aromatic rings. The van der Waals surface area contributed by atoms with Crippen LogP contribution < -0.4 is 5.32 Å². The van der Waals surface area contributed by atoms with Crippen LogP contribution in [0.15, 0.2) is 43.2 Å². The summed E-state index contributed by atoms with van der Waals surface area (Å²) in [5.41, 5.74) is 0.880. The SMILES string of the molecule is O=C(Nc1nn(Cc2ccc(Cl)cc2Cl)cc1Br)c1cc(Br)c(Br)s1.